The molecule has 1 aliphatic rings. The van der Waals surface area contributed by atoms with E-state index in [1.54, 1.807) is 0 Å². The third-order valence-corrected chi connectivity index (χ3v) is 4.68. The van der Waals surface area contributed by atoms with E-state index in [4.69, 9.17) is 5.73 Å². The average molecular weight is 250 g/mol. The van der Waals surface area contributed by atoms with Crippen LogP contribution in [0.15, 0.2) is 12.3 Å². The second-order valence-electron chi connectivity index (χ2n) is 5.80. The number of hydrogen-bond acceptors (Lipinski definition) is 3. The van der Waals surface area contributed by atoms with Crippen molar-refractivity contribution in [2.24, 2.45) is 12.8 Å². The van der Waals surface area contributed by atoms with Gasteiger partial charge >= 0.3 is 0 Å². The lowest BCUT2D eigenvalue weighted by Crippen LogP contribution is -2.55. The number of aryl methyl sites for hydroxylation is 2. The van der Waals surface area contributed by atoms with Crippen molar-refractivity contribution >= 4 is 0 Å². The average Bonchev–Trinajstić information content (AvgIpc) is 2.95. The molecule has 0 radical (unpaired) electrons. The Morgan fingerprint density at radius 3 is 2.61 bits per heavy atom. The molecule has 102 valence electrons. The van der Waals surface area contributed by atoms with Crippen LogP contribution in [0.5, 0.6) is 0 Å². The van der Waals surface area contributed by atoms with Gasteiger partial charge in [0.2, 0.25) is 0 Å². The molecule has 1 unspecified atom stereocenters. The second-order valence-corrected chi connectivity index (χ2v) is 5.80. The van der Waals surface area contributed by atoms with Crippen molar-refractivity contribution in [1.29, 1.82) is 0 Å². The lowest BCUT2D eigenvalue weighted by molar-refractivity contribution is 0.119. The van der Waals surface area contributed by atoms with Crippen molar-refractivity contribution in [2.45, 2.75) is 50.1 Å². The summed E-state index contributed by atoms with van der Waals surface area (Å²) in [7, 11) is 6.35. The van der Waals surface area contributed by atoms with Crippen LogP contribution in [-0.4, -0.2) is 40.4 Å². The molecule has 0 saturated heterocycles. The summed E-state index contributed by atoms with van der Waals surface area (Å²) in [6, 6.07) is 2.34. The molecular weight excluding hydrogens is 224 g/mol. The van der Waals surface area contributed by atoms with Gasteiger partial charge in [0, 0.05) is 30.5 Å². The van der Waals surface area contributed by atoms with Gasteiger partial charge in [-0.05, 0) is 45.8 Å². The van der Waals surface area contributed by atoms with Crippen LogP contribution < -0.4 is 5.73 Å². The molecule has 1 aromatic heterocycles. The maximum absolute atomic E-state index is 6.51. The third kappa shape index (κ3) is 2.45. The third-order valence-electron chi connectivity index (χ3n) is 4.68. The Kier molecular flexibility index (Phi) is 4.07. The molecule has 0 aromatic carbocycles. The van der Waals surface area contributed by atoms with Crippen LogP contribution >= 0.6 is 0 Å². The van der Waals surface area contributed by atoms with E-state index in [0.29, 0.717) is 0 Å². The number of nitrogens with zero attached hydrogens (tertiary/aromatic N) is 3. The minimum absolute atomic E-state index is 0.221. The van der Waals surface area contributed by atoms with Crippen molar-refractivity contribution in [3.05, 3.63) is 18.0 Å². The van der Waals surface area contributed by atoms with Crippen LogP contribution in [0.3, 0.4) is 0 Å². The molecule has 1 fully saturated rings. The second kappa shape index (κ2) is 5.41. The monoisotopic (exact) mass is 250 g/mol. The molecule has 0 aliphatic heterocycles. The predicted octanol–water partition coefficient (Wildman–Crippen LogP) is 1.55. The smallest absolute Gasteiger partial charge is 0.0492 e. The molecule has 1 saturated carbocycles. The highest BCUT2D eigenvalue weighted by Crippen LogP contribution is 2.37. The summed E-state index contributed by atoms with van der Waals surface area (Å²) >= 11 is 0. The van der Waals surface area contributed by atoms with E-state index in [0.717, 1.165) is 12.8 Å². The van der Waals surface area contributed by atoms with Crippen LogP contribution in [0.1, 0.15) is 37.8 Å². The van der Waals surface area contributed by atoms with Gasteiger partial charge in [0.15, 0.2) is 0 Å². The van der Waals surface area contributed by atoms with Crippen LogP contribution in [0, 0.1) is 0 Å². The van der Waals surface area contributed by atoms with Crippen molar-refractivity contribution in [3.8, 4) is 0 Å². The minimum atomic E-state index is 0.221. The van der Waals surface area contributed by atoms with Crippen molar-refractivity contribution in [1.82, 2.24) is 14.7 Å². The highest BCUT2D eigenvalue weighted by Gasteiger charge is 2.40. The van der Waals surface area contributed by atoms with Gasteiger partial charge in [0.1, 0.15) is 0 Å². The van der Waals surface area contributed by atoms with E-state index in [-0.39, 0.29) is 11.6 Å². The van der Waals surface area contributed by atoms with E-state index in [9.17, 15) is 0 Å². The number of rotatable bonds is 5. The normalized spacial score (nSPS) is 20.5. The molecule has 2 N–H and O–H groups in total. The van der Waals surface area contributed by atoms with Crippen LogP contribution in [-0.2, 0) is 13.5 Å². The summed E-state index contributed by atoms with van der Waals surface area (Å²) in [6.45, 7) is 0. The highest BCUT2D eigenvalue weighted by molar-refractivity contribution is 5.05. The maximum Gasteiger partial charge on any atom is 0.0492 e. The summed E-state index contributed by atoms with van der Waals surface area (Å²) < 4.78 is 1.95. The fraction of sp³-hybridized carbons (Fsp3) is 0.786. The lowest BCUT2D eigenvalue weighted by Gasteiger charge is -2.41. The summed E-state index contributed by atoms with van der Waals surface area (Å²) in [5.41, 5.74) is 8.01. The van der Waals surface area contributed by atoms with Gasteiger partial charge in [-0.25, -0.2) is 0 Å². The Morgan fingerprint density at radius 1 is 1.44 bits per heavy atom. The lowest BCUT2D eigenvalue weighted by atomic mass is 9.84. The number of hydrogen-bond donors (Lipinski definition) is 1. The standard InChI is InChI=1S/C14H26N4/c1-17(2)14(9-4-5-10-14)13(15)7-6-12-8-11-16-18(12)3/h8,11,13H,4-7,9-10,15H2,1-3H3. The zero-order valence-electron chi connectivity index (χ0n) is 11.9. The summed E-state index contributed by atoms with van der Waals surface area (Å²) in [5, 5.41) is 4.21. The zero-order chi connectivity index (χ0) is 13.2. The van der Waals surface area contributed by atoms with Crippen LogP contribution in [0.25, 0.3) is 0 Å². The Balaban J connectivity index is 1.98. The van der Waals surface area contributed by atoms with E-state index < -0.39 is 0 Å². The largest absolute Gasteiger partial charge is 0.326 e. The fourth-order valence-corrected chi connectivity index (χ4v) is 3.36. The molecule has 0 spiro atoms. The molecule has 1 heterocycles. The first-order chi connectivity index (χ1) is 8.56. The van der Waals surface area contributed by atoms with Gasteiger partial charge in [-0.3, -0.25) is 4.68 Å². The first kappa shape index (κ1) is 13.6. The first-order valence-electron chi connectivity index (χ1n) is 6.96. The molecule has 1 aromatic rings. The SMILES string of the molecule is CN(C)C1(C(N)CCc2ccnn2C)CCCC1. The van der Waals surface area contributed by atoms with Gasteiger partial charge in [0.05, 0.1) is 0 Å². The van der Waals surface area contributed by atoms with E-state index >= 15 is 0 Å². The first-order valence-corrected chi connectivity index (χ1v) is 6.96. The Bertz CT molecular complexity index is 377. The Hall–Kier alpha value is -0.870. The van der Waals surface area contributed by atoms with Gasteiger partial charge in [0.25, 0.3) is 0 Å². The molecule has 0 bridgehead atoms. The van der Waals surface area contributed by atoms with Crippen molar-refractivity contribution < 1.29 is 0 Å². The number of aromatic nitrogens is 2. The quantitative estimate of drug-likeness (QED) is 0.862. The topological polar surface area (TPSA) is 47.1 Å². The summed E-state index contributed by atoms with van der Waals surface area (Å²) in [5.74, 6) is 0. The summed E-state index contributed by atoms with van der Waals surface area (Å²) in [4.78, 5) is 2.36. The van der Waals surface area contributed by atoms with E-state index in [1.165, 1.54) is 31.4 Å². The van der Waals surface area contributed by atoms with E-state index in [2.05, 4.69) is 30.2 Å². The van der Waals surface area contributed by atoms with Gasteiger partial charge < -0.3 is 10.6 Å². The van der Waals surface area contributed by atoms with Gasteiger partial charge in [-0.1, -0.05) is 12.8 Å². The molecule has 4 nitrogen and oxygen atoms in total. The molecule has 2 rings (SSSR count). The van der Waals surface area contributed by atoms with E-state index in [1.807, 2.05) is 17.9 Å². The summed E-state index contributed by atoms with van der Waals surface area (Å²) in [6.07, 6.45) is 9.04. The van der Waals surface area contributed by atoms with Crippen molar-refractivity contribution in [3.63, 3.8) is 0 Å². The molecular formula is C14H26N4. The predicted molar refractivity (Wildman–Crippen MR) is 74.4 cm³/mol. The fourth-order valence-electron chi connectivity index (χ4n) is 3.36. The molecule has 1 atom stereocenters. The Morgan fingerprint density at radius 2 is 2.11 bits per heavy atom. The molecule has 0 amide bonds. The van der Waals surface area contributed by atoms with Crippen molar-refractivity contribution in [2.75, 3.05) is 14.1 Å². The molecule has 18 heavy (non-hydrogen) atoms. The van der Waals surface area contributed by atoms with Gasteiger partial charge in [-0.15, -0.1) is 0 Å². The zero-order valence-corrected chi connectivity index (χ0v) is 11.9. The van der Waals surface area contributed by atoms with Crippen LogP contribution in [0.2, 0.25) is 0 Å². The number of likely N-dealkylation sites (N-methyl/N-ethyl adjacent to an activating group) is 1. The molecule has 1 aliphatic carbocycles. The minimum Gasteiger partial charge on any atom is -0.326 e. The van der Waals surface area contributed by atoms with Gasteiger partial charge in [-0.2, -0.15) is 5.10 Å². The highest BCUT2D eigenvalue weighted by atomic mass is 15.3. The maximum atomic E-state index is 6.51. The molecule has 4 heteroatoms. The number of nitrogens with two attached hydrogens (primary N) is 1. The Labute approximate surface area is 110 Å². The van der Waals surface area contributed by atoms with Crippen LogP contribution in [0.4, 0.5) is 0 Å².